The van der Waals surface area contributed by atoms with Gasteiger partial charge in [-0.1, -0.05) is 164 Å². The van der Waals surface area contributed by atoms with Gasteiger partial charge in [0.25, 0.3) is 0 Å². The maximum Gasteiger partial charge on any atom is 0.159 e. The molecule has 3 heteroatoms. The van der Waals surface area contributed by atoms with Crippen molar-refractivity contribution in [2.75, 3.05) is 4.90 Å². The molecule has 11 rings (SSSR count). The summed E-state index contributed by atoms with van der Waals surface area (Å²) in [6.45, 7) is 0. The van der Waals surface area contributed by atoms with Crippen LogP contribution in [-0.2, 0) is 0 Å². The first kappa shape index (κ1) is 32.8. The number of rotatable bonds is 7. The Morgan fingerprint density at radius 2 is 0.930 bits per heavy atom. The summed E-state index contributed by atoms with van der Waals surface area (Å²) in [5, 5.41) is 4.65. The van der Waals surface area contributed by atoms with E-state index >= 15 is 0 Å². The van der Waals surface area contributed by atoms with E-state index in [4.69, 9.17) is 4.42 Å². The molecule has 0 saturated carbocycles. The van der Waals surface area contributed by atoms with Crippen molar-refractivity contribution in [3.05, 3.63) is 218 Å². The molecule has 0 spiro atoms. The highest BCUT2D eigenvalue weighted by molar-refractivity contribution is 6.13. The lowest BCUT2D eigenvalue weighted by molar-refractivity contribution is 0.666. The van der Waals surface area contributed by atoms with Crippen molar-refractivity contribution >= 4 is 60.8 Å². The van der Waals surface area contributed by atoms with Crippen LogP contribution in [-0.4, -0.2) is 4.57 Å². The summed E-state index contributed by atoms with van der Waals surface area (Å²) in [6.07, 6.45) is 0. The molecule has 57 heavy (non-hydrogen) atoms. The molecule has 0 aliphatic carbocycles. The molecule has 0 fully saturated rings. The minimum absolute atomic E-state index is 0.893. The summed E-state index contributed by atoms with van der Waals surface area (Å²) in [5.74, 6) is 0. The Morgan fingerprint density at radius 1 is 0.351 bits per heavy atom. The van der Waals surface area contributed by atoms with E-state index in [1.807, 2.05) is 12.1 Å². The molecule has 9 aromatic carbocycles. The monoisotopic (exact) mass is 728 g/mol. The van der Waals surface area contributed by atoms with Crippen LogP contribution in [0.2, 0.25) is 0 Å². The maximum atomic E-state index is 6.56. The second-order valence-electron chi connectivity index (χ2n) is 14.5. The molecule has 0 amide bonds. The van der Waals surface area contributed by atoms with Gasteiger partial charge >= 0.3 is 0 Å². The Hall–Kier alpha value is -7.62. The van der Waals surface area contributed by atoms with Crippen LogP contribution in [0.25, 0.3) is 82.8 Å². The van der Waals surface area contributed by atoms with Gasteiger partial charge in [-0.25, -0.2) is 0 Å². The summed E-state index contributed by atoms with van der Waals surface area (Å²) in [7, 11) is 0. The number of para-hydroxylation sites is 6. The Balaban J connectivity index is 1.10. The molecule has 0 atom stereocenters. The molecule has 0 saturated heterocycles. The molecule has 0 aliphatic rings. The number of hydrogen-bond acceptors (Lipinski definition) is 2. The van der Waals surface area contributed by atoms with E-state index in [1.54, 1.807) is 0 Å². The summed E-state index contributed by atoms with van der Waals surface area (Å²) in [4.78, 5) is 2.41. The number of benzene rings is 9. The van der Waals surface area contributed by atoms with Crippen molar-refractivity contribution in [1.29, 1.82) is 0 Å². The fourth-order valence-electron chi connectivity index (χ4n) is 8.69. The highest BCUT2D eigenvalue weighted by atomic mass is 16.3. The van der Waals surface area contributed by atoms with Crippen molar-refractivity contribution in [2.24, 2.45) is 0 Å². The van der Waals surface area contributed by atoms with E-state index in [0.29, 0.717) is 0 Å². The van der Waals surface area contributed by atoms with Crippen LogP contribution in [0.3, 0.4) is 0 Å². The van der Waals surface area contributed by atoms with E-state index in [1.165, 1.54) is 33.0 Å². The predicted octanol–water partition coefficient (Wildman–Crippen LogP) is 15.2. The molecule has 3 nitrogen and oxygen atoms in total. The van der Waals surface area contributed by atoms with Crippen LogP contribution >= 0.6 is 0 Å². The predicted molar refractivity (Wildman–Crippen MR) is 239 cm³/mol. The van der Waals surface area contributed by atoms with Gasteiger partial charge in [-0.2, -0.15) is 0 Å². The molecule has 0 bridgehead atoms. The number of nitrogens with zero attached hydrogens (tertiary/aromatic N) is 2. The molecule has 0 unspecified atom stereocenters. The number of furan rings is 1. The first-order valence-corrected chi connectivity index (χ1v) is 19.4. The first-order valence-electron chi connectivity index (χ1n) is 19.4. The van der Waals surface area contributed by atoms with E-state index in [9.17, 15) is 0 Å². The summed E-state index contributed by atoms with van der Waals surface area (Å²) in [6, 6.07) is 78.1. The van der Waals surface area contributed by atoms with Gasteiger partial charge in [0.05, 0.1) is 28.1 Å². The molecular weight excluding hydrogens is 693 g/mol. The van der Waals surface area contributed by atoms with E-state index in [2.05, 4.69) is 216 Å². The zero-order chi connectivity index (χ0) is 37.7. The van der Waals surface area contributed by atoms with Crippen molar-refractivity contribution in [1.82, 2.24) is 4.57 Å². The third-order valence-corrected chi connectivity index (χ3v) is 11.2. The second kappa shape index (κ2) is 13.6. The topological polar surface area (TPSA) is 21.3 Å². The van der Waals surface area contributed by atoms with Gasteiger partial charge in [-0.3, -0.25) is 0 Å². The zero-order valence-corrected chi connectivity index (χ0v) is 31.1. The highest BCUT2D eigenvalue weighted by Gasteiger charge is 2.22. The Morgan fingerprint density at radius 3 is 1.74 bits per heavy atom. The fraction of sp³-hybridized carbons (Fsp3) is 0. The molecular formula is C54H36N2O. The SMILES string of the molecule is c1ccc(-c2ccccc2N(c2ccccc2)c2ccccc2-c2ccccc2-c2ccc3c(c2)c2ccccc2n3-c2cccc3c2oc2ccccc23)cc1. The van der Waals surface area contributed by atoms with Crippen molar-refractivity contribution in [2.45, 2.75) is 0 Å². The number of hydrogen-bond donors (Lipinski definition) is 0. The molecule has 11 aromatic rings. The van der Waals surface area contributed by atoms with Crippen molar-refractivity contribution < 1.29 is 4.42 Å². The minimum atomic E-state index is 0.893. The largest absolute Gasteiger partial charge is 0.454 e. The third-order valence-electron chi connectivity index (χ3n) is 11.2. The summed E-state index contributed by atoms with van der Waals surface area (Å²) >= 11 is 0. The van der Waals surface area contributed by atoms with Crippen LogP contribution in [0, 0.1) is 0 Å². The van der Waals surface area contributed by atoms with Crippen LogP contribution in [0.5, 0.6) is 0 Å². The van der Waals surface area contributed by atoms with Gasteiger partial charge in [-0.05, 0) is 76.9 Å². The molecule has 0 aliphatic heterocycles. The maximum absolute atomic E-state index is 6.56. The van der Waals surface area contributed by atoms with Crippen molar-refractivity contribution in [3.63, 3.8) is 0 Å². The van der Waals surface area contributed by atoms with Crippen LogP contribution in [0.15, 0.2) is 223 Å². The lowest BCUT2D eigenvalue weighted by Gasteiger charge is -2.30. The average molecular weight is 729 g/mol. The third kappa shape index (κ3) is 5.43. The normalized spacial score (nSPS) is 11.5. The smallest absolute Gasteiger partial charge is 0.159 e. The van der Waals surface area contributed by atoms with Crippen LogP contribution < -0.4 is 4.90 Å². The number of anilines is 3. The van der Waals surface area contributed by atoms with Gasteiger partial charge in [0.2, 0.25) is 0 Å². The Kier molecular flexibility index (Phi) is 7.82. The highest BCUT2D eigenvalue weighted by Crippen LogP contribution is 2.47. The number of fused-ring (bicyclic) bond motifs is 6. The summed E-state index contributed by atoms with van der Waals surface area (Å²) in [5.41, 5.74) is 15.4. The number of aromatic nitrogens is 1. The molecule has 0 radical (unpaired) electrons. The lowest BCUT2D eigenvalue weighted by Crippen LogP contribution is -2.12. The van der Waals surface area contributed by atoms with Crippen LogP contribution in [0.1, 0.15) is 0 Å². The van der Waals surface area contributed by atoms with Gasteiger partial charge in [0.1, 0.15) is 5.58 Å². The van der Waals surface area contributed by atoms with Gasteiger partial charge in [0, 0.05) is 38.4 Å². The summed E-state index contributed by atoms with van der Waals surface area (Å²) < 4.78 is 8.93. The van der Waals surface area contributed by atoms with E-state index in [-0.39, 0.29) is 0 Å². The van der Waals surface area contributed by atoms with Crippen LogP contribution in [0.4, 0.5) is 17.1 Å². The van der Waals surface area contributed by atoms with Gasteiger partial charge in [0.15, 0.2) is 5.58 Å². The first-order chi connectivity index (χ1) is 28.3. The second-order valence-corrected chi connectivity index (χ2v) is 14.5. The van der Waals surface area contributed by atoms with Gasteiger partial charge in [-0.15, -0.1) is 0 Å². The van der Waals surface area contributed by atoms with E-state index in [0.717, 1.165) is 66.8 Å². The standard InChI is InChI=1S/C54H36N2O/c1-3-18-37(19-4-1)41-23-9-13-29-48(41)55(39-20-5-2-6-21-39)49-30-14-10-25-43(49)42-24-8-7-22-40(42)38-34-35-51-47(36-38)44-26-11-15-31-50(44)56(51)52-32-17-28-46-45-27-12-16-33-53(45)57-54(46)52/h1-36H. The van der Waals surface area contributed by atoms with E-state index < -0.39 is 0 Å². The van der Waals surface area contributed by atoms with Crippen molar-refractivity contribution in [3.8, 4) is 39.1 Å². The Labute approximate surface area is 330 Å². The molecule has 2 heterocycles. The average Bonchev–Trinajstić information content (AvgIpc) is 3.83. The molecule has 2 aromatic heterocycles. The minimum Gasteiger partial charge on any atom is -0.454 e. The molecule has 0 N–H and O–H groups in total. The van der Waals surface area contributed by atoms with Gasteiger partial charge < -0.3 is 13.9 Å². The zero-order valence-electron chi connectivity index (χ0n) is 31.1. The lowest BCUT2D eigenvalue weighted by atomic mass is 9.92. The Bertz CT molecular complexity index is 3250. The molecule has 268 valence electrons. The fourth-order valence-corrected chi connectivity index (χ4v) is 8.69. The quantitative estimate of drug-likeness (QED) is 0.163.